The van der Waals surface area contributed by atoms with Crippen molar-refractivity contribution in [3.63, 3.8) is 0 Å². The highest BCUT2D eigenvalue weighted by atomic mass is 16.6. The molecule has 6 nitrogen and oxygen atoms in total. The van der Waals surface area contributed by atoms with Crippen LogP contribution in [0.25, 0.3) is 10.8 Å². The molecule has 0 spiro atoms. The molecule has 1 fully saturated rings. The number of amides is 2. The van der Waals surface area contributed by atoms with Gasteiger partial charge in [-0.05, 0) is 51.0 Å². The summed E-state index contributed by atoms with van der Waals surface area (Å²) >= 11 is 0. The predicted octanol–water partition coefficient (Wildman–Crippen LogP) is 3.61. The number of pyridine rings is 1. The summed E-state index contributed by atoms with van der Waals surface area (Å²) in [6.07, 6.45) is 3.01. The minimum atomic E-state index is -0.495. The Morgan fingerprint density at radius 2 is 1.89 bits per heavy atom. The van der Waals surface area contributed by atoms with Gasteiger partial charge in [0.1, 0.15) is 11.3 Å². The molecule has 1 saturated heterocycles. The van der Waals surface area contributed by atoms with Crippen LogP contribution in [0.2, 0.25) is 0 Å². The van der Waals surface area contributed by atoms with Gasteiger partial charge in [0.15, 0.2) is 0 Å². The molecular weight excluding hydrogens is 342 g/mol. The second-order valence-electron chi connectivity index (χ2n) is 8.00. The molecule has 3 rings (SSSR count). The quantitative estimate of drug-likeness (QED) is 0.897. The molecule has 0 aliphatic carbocycles. The molecule has 144 valence electrons. The lowest BCUT2D eigenvalue weighted by molar-refractivity contribution is 0.0500. The number of fused-ring (bicyclic) bond motifs is 1. The maximum atomic E-state index is 12.9. The van der Waals surface area contributed by atoms with Crippen LogP contribution in [0.1, 0.15) is 44.1 Å². The van der Waals surface area contributed by atoms with Gasteiger partial charge in [-0.25, -0.2) is 4.79 Å². The number of piperidine rings is 1. The van der Waals surface area contributed by atoms with Gasteiger partial charge in [0.05, 0.1) is 0 Å². The highest BCUT2D eigenvalue weighted by Crippen LogP contribution is 2.22. The zero-order valence-electron chi connectivity index (χ0n) is 16.2. The standard InChI is InChI=1S/C21H27N3O3/c1-21(2,3)27-20(26)23-14-15-9-12-24(13-10-15)19(25)18-17-7-5-4-6-16(17)8-11-22-18/h4-8,11,15H,9-10,12-14H2,1-3H3,(H,23,26). The molecule has 1 aliphatic rings. The molecule has 1 aromatic carbocycles. The third kappa shape index (κ3) is 4.96. The van der Waals surface area contributed by atoms with Gasteiger partial charge in [-0.1, -0.05) is 24.3 Å². The molecule has 27 heavy (non-hydrogen) atoms. The summed E-state index contributed by atoms with van der Waals surface area (Å²) < 4.78 is 5.26. The Labute approximate surface area is 159 Å². The Balaban J connectivity index is 1.54. The van der Waals surface area contributed by atoms with E-state index < -0.39 is 5.60 Å². The largest absolute Gasteiger partial charge is 0.444 e. The number of carbonyl (C=O) groups excluding carboxylic acids is 2. The summed E-state index contributed by atoms with van der Waals surface area (Å²) in [5.41, 5.74) is 0.0177. The smallest absolute Gasteiger partial charge is 0.407 e. The molecular formula is C21H27N3O3. The number of benzene rings is 1. The highest BCUT2D eigenvalue weighted by molar-refractivity contribution is 6.05. The van der Waals surface area contributed by atoms with Crippen LogP contribution < -0.4 is 5.32 Å². The molecule has 2 amide bonds. The Morgan fingerprint density at radius 3 is 2.59 bits per heavy atom. The van der Waals surface area contributed by atoms with Gasteiger partial charge in [-0.2, -0.15) is 0 Å². The number of hydrogen-bond donors (Lipinski definition) is 1. The minimum Gasteiger partial charge on any atom is -0.444 e. The zero-order valence-corrected chi connectivity index (χ0v) is 16.2. The van der Waals surface area contributed by atoms with E-state index in [0.717, 1.165) is 23.6 Å². The first-order chi connectivity index (χ1) is 12.8. The van der Waals surface area contributed by atoms with Crippen molar-refractivity contribution in [3.8, 4) is 0 Å². The fourth-order valence-electron chi connectivity index (χ4n) is 3.32. The lowest BCUT2D eigenvalue weighted by Gasteiger charge is -2.32. The molecule has 0 saturated carbocycles. The van der Waals surface area contributed by atoms with Crippen molar-refractivity contribution >= 4 is 22.8 Å². The van der Waals surface area contributed by atoms with Crippen LogP contribution in [0.3, 0.4) is 0 Å². The molecule has 0 atom stereocenters. The minimum absolute atomic E-state index is 0.0228. The number of carbonyl (C=O) groups is 2. The van der Waals surface area contributed by atoms with Crippen LogP contribution in [0.15, 0.2) is 36.5 Å². The van der Waals surface area contributed by atoms with Crippen molar-refractivity contribution in [1.29, 1.82) is 0 Å². The van der Waals surface area contributed by atoms with Gasteiger partial charge < -0.3 is 15.0 Å². The predicted molar refractivity (Wildman–Crippen MR) is 105 cm³/mol. The number of likely N-dealkylation sites (tertiary alicyclic amines) is 1. The fourth-order valence-corrected chi connectivity index (χ4v) is 3.32. The van der Waals surface area contributed by atoms with Gasteiger partial charge in [-0.3, -0.25) is 9.78 Å². The van der Waals surface area contributed by atoms with E-state index in [9.17, 15) is 9.59 Å². The highest BCUT2D eigenvalue weighted by Gasteiger charge is 2.26. The molecule has 1 N–H and O–H groups in total. The number of alkyl carbamates (subject to hydrolysis) is 1. The van der Waals surface area contributed by atoms with Gasteiger partial charge in [0.25, 0.3) is 5.91 Å². The third-order valence-corrected chi connectivity index (χ3v) is 4.71. The van der Waals surface area contributed by atoms with Crippen molar-refractivity contribution in [2.75, 3.05) is 19.6 Å². The molecule has 1 aliphatic heterocycles. The molecule has 6 heteroatoms. The summed E-state index contributed by atoms with van der Waals surface area (Å²) in [6, 6.07) is 9.73. The van der Waals surface area contributed by atoms with Crippen LogP contribution >= 0.6 is 0 Å². The van der Waals surface area contributed by atoms with Crippen molar-refractivity contribution in [3.05, 3.63) is 42.2 Å². The number of hydrogen-bond acceptors (Lipinski definition) is 4. The maximum Gasteiger partial charge on any atom is 0.407 e. The van der Waals surface area contributed by atoms with Gasteiger partial charge in [-0.15, -0.1) is 0 Å². The first-order valence-electron chi connectivity index (χ1n) is 9.43. The van der Waals surface area contributed by atoms with Gasteiger partial charge in [0, 0.05) is 31.2 Å². The van der Waals surface area contributed by atoms with Crippen LogP contribution in [-0.4, -0.2) is 47.1 Å². The molecule has 1 aromatic heterocycles. The number of rotatable bonds is 3. The maximum absolute atomic E-state index is 12.9. The van der Waals surface area contributed by atoms with Gasteiger partial charge in [0.2, 0.25) is 0 Å². The summed E-state index contributed by atoms with van der Waals surface area (Å²) in [5.74, 6) is 0.326. The van der Waals surface area contributed by atoms with E-state index >= 15 is 0 Å². The van der Waals surface area contributed by atoms with Crippen molar-refractivity contribution < 1.29 is 14.3 Å². The zero-order chi connectivity index (χ0) is 19.4. The summed E-state index contributed by atoms with van der Waals surface area (Å²) in [7, 11) is 0. The molecule has 0 bridgehead atoms. The first-order valence-corrected chi connectivity index (χ1v) is 9.43. The second kappa shape index (κ2) is 7.94. The Kier molecular flexibility index (Phi) is 5.63. The van der Waals surface area contributed by atoms with Crippen molar-refractivity contribution in [1.82, 2.24) is 15.2 Å². The Hall–Kier alpha value is -2.63. The van der Waals surface area contributed by atoms with Crippen LogP contribution in [-0.2, 0) is 4.74 Å². The van der Waals surface area contributed by atoms with E-state index in [2.05, 4.69) is 10.3 Å². The topological polar surface area (TPSA) is 71.5 Å². The number of nitrogens with zero attached hydrogens (tertiary/aromatic N) is 2. The van der Waals surface area contributed by atoms with E-state index in [4.69, 9.17) is 4.74 Å². The molecule has 0 unspecified atom stereocenters. The monoisotopic (exact) mass is 369 g/mol. The number of nitrogens with one attached hydrogen (secondary N) is 1. The summed E-state index contributed by atoms with van der Waals surface area (Å²) in [6.45, 7) is 7.45. The van der Waals surface area contributed by atoms with Crippen LogP contribution in [0.5, 0.6) is 0 Å². The summed E-state index contributed by atoms with van der Waals surface area (Å²) in [5, 5.41) is 4.74. The van der Waals surface area contributed by atoms with E-state index in [-0.39, 0.29) is 12.0 Å². The SMILES string of the molecule is CC(C)(C)OC(=O)NCC1CCN(C(=O)c2nccc3ccccc23)CC1. The van der Waals surface area contributed by atoms with Gasteiger partial charge >= 0.3 is 6.09 Å². The van der Waals surface area contributed by atoms with E-state index in [0.29, 0.717) is 31.2 Å². The average molecular weight is 369 g/mol. The van der Waals surface area contributed by atoms with E-state index in [1.165, 1.54) is 0 Å². The Morgan fingerprint density at radius 1 is 1.19 bits per heavy atom. The molecule has 2 aromatic rings. The van der Waals surface area contributed by atoms with Crippen molar-refractivity contribution in [2.24, 2.45) is 5.92 Å². The molecule has 0 radical (unpaired) electrons. The number of aromatic nitrogens is 1. The van der Waals surface area contributed by atoms with E-state index in [1.807, 2.05) is 56.0 Å². The lowest BCUT2D eigenvalue weighted by atomic mass is 9.96. The average Bonchev–Trinajstić information content (AvgIpc) is 2.64. The lowest BCUT2D eigenvalue weighted by Crippen LogP contribution is -2.42. The van der Waals surface area contributed by atoms with Crippen LogP contribution in [0.4, 0.5) is 4.79 Å². The molecule has 2 heterocycles. The van der Waals surface area contributed by atoms with Crippen molar-refractivity contribution in [2.45, 2.75) is 39.2 Å². The second-order valence-corrected chi connectivity index (χ2v) is 8.00. The fraction of sp³-hybridized carbons (Fsp3) is 0.476. The normalized spacial score (nSPS) is 15.6. The third-order valence-electron chi connectivity index (χ3n) is 4.71. The summed E-state index contributed by atoms with van der Waals surface area (Å²) in [4.78, 5) is 30.9. The van der Waals surface area contributed by atoms with E-state index in [1.54, 1.807) is 6.20 Å². The first kappa shape index (κ1) is 19.1. The number of ether oxygens (including phenoxy) is 1. The Bertz CT molecular complexity index is 816. The van der Waals surface area contributed by atoms with Crippen LogP contribution in [0, 0.1) is 5.92 Å².